The van der Waals surface area contributed by atoms with Crippen molar-refractivity contribution in [1.82, 2.24) is 0 Å². The number of carbonyl (C=O) groups excluding carboxylic acids is 3. The molecular weight excluding hydrogens is 528 g/mol. The van der Waals surface area contributed by atoms with Gasteiger partial charge < -0.3 is 14.2 Å². The van der Waals surface area contributed by atoms with Crippen molar-refractivity contribution in [2.24, 2.45) is 0 Å². The van der Waals surface area contributed by atoms with Gasteiger partial charge in [-0.05, 0) is 67.6 Å². The highest BCUT2D eigenvalue weighted by Crippen LogP contribution is 2.13. The topological polar surface area (TPSA) is 78.9 Å². The van der Waals surface area contributed by atoms with Gasteiger partial charge in [0, 0.05) is 54.2 Å². The van der Waals surface area contributed by atoms with E-state index in [1.54, 1.807) is 48.6 Å². The molecule has 42 heavy (non-hydrogen) atoms. The quantitative estimate of drug-likeness (QED) is 0.137. The van der Waals surface area contributed by atoms with Crippen LogP contribution in [-0.2, 0) is 23.9 Å². The molecule has 2 aromatic carbocycles. The first kappa shape index (κ1) is 32.4. The maximum absolute atomic E-state index is 11.2. The molecule has 0 amide bonds. The van der Waals surface area contributed by atoms with E-state index in [0.29, 0.717) is 33.6 Å². The summed E-state index contributed by atoms with van der Waals surface area (Å²) in [5.74, 6) is 17.9. The van der Waals surface area contributed by atoms with E-state index in [-0.39, 0.29) is 12.4 Å². The monoisotopic (exact) mass is 558 g/mol. The Labute approximate surface area is 247 Å². The maximum Gasteiger partial charge on any atom is 0.308 e. The first-order valence-corrected chi connectivity index (χ1v) is 12.7. The van der Waals surface area contributed by atoms with Gasteiger partial charge in [-0.1, -0.05) is 60.8 Å². The number of hydrogen-bond acceptors (Lipinski definition) is 6. The molecule has 210 valence electrons. The lowest BCUT2D eigenvalue weighted by molar-refractivity contribution is -0.140. The van der Waals surface area contributed by atoms with E-state index < -0.39 is 17.9 Å². The van der Waals surface area contributed by atoms with Gasteiger partial charge in [-0.2, -0.15) is 0 Å². The Balaban J connectivity index is 2.48. The predicted molar refractivity (Wildman–Crippen MR) is 163 cm³/mol. The fraction of sp³-hybridized carbons (Fsp3) is 0.139. The van der Waals surface area contributed by atoms with Crippen LogP contribution in [0.4, 0.5) is 0 Å². The second kappa shape index (κ2) is 17.0. The van der Waals surface area contributed by atoms with Crippen molar-refractivity contribution in [3.05, 3.63) is 125 Å². The second-order valence-electron chi connectivity index (χ2n) is 8.51. The van der Waals surface area contributed by atoms with Crippen molar-refractivity contribution >= 4 is 17.9 Å². The third-order valence-electron chi connectivity index (χ3n) is 4.90. The van der Waals surface area contributed by atoms with Crippen LogP contribution in [0, 0.1) is 35.5 Å². The average molecular weight is 559 g/mol. The highest BCUT2D eigenvalue weighted by Gasteiger charge is 2.01. The molecule has 0 aliphatic heterocycles. The van der Waals surface area contributed by atoms with Crippen molar-refractivity contribution in [2.75, 3.05) is 6.61 Å². The highest BCUT2D eigenvalue weighted by molar-refractivity contribution is 5.69. The van der Waals surface area contributed by atoms with Gasteiger partial charge in [0.1, 0.15) is 18.1 Å². The Hall–Kier alpha value is -5.77. The standard InChI is InChI=1S/C36H30O6/c1-7-9-32(25-40-27(4)37)14-17-35-23-33(15-12-30(8-2)11-10-26(3)41-28(5)38)22-34(24-35)16-13-31-18-20-36(21-19-31)42-29(6)39/h7-11,18-24H,1,3,25H2,2,4-6H3/b11-10-,30-8+,32-9-. The summed E-state index contributed by atoms with van der Waals surface area (Å²) in [7, 11) is 0. The fourth-order valence-electron chi connectivity index (χ4n) is 3.12. The fourth-order valence-corrected chi connectivity index (χ4v) is 3.12. The Morgan fingerprint density at radius 2 is 1.38 bits per heavy atom. The minimum Gasteiger partial charge on any atom is -0.460 e. The van der Waals surface area contributed by atoms with Crippen molar-refractivity contribution in [1.29, 1.82) is 0 Å². The van der Waals surface area contributed by atoms with Crippen LogP contribution in [0.5, 0.6) is 5.75 Å². The van der Waals surface area contributed by atoms with Crippen molar-refractivity contribution in [2.45, 2.75) is 27.7 Å². The van der Waals surface area contributed by atoms with Crippen LogP contribution in [0.1, 0.15) is 49.9 Å². The molecule has 6 heteroatoms. The molecule has 0 unspecified atom stereocenters. The van der Waals surface area contributed by atoms with Gasteiger partial charge in [-0.3, -0.25) is 14.4 Å². The average Bonchev–Trinajstić information content (AvgIpc) is 2.93. The van der Waals surface area contributed by atoms with Gasteiger partial charge in [-0.25, -0.2) is 0 Å². The molecule has 0 spiro atoms. The Bertz CT molecular complexity index is 1650. The number of rotatable bonds is 7. The van der Waals surface area contributed by atoms with Crippen LogP contribution in [-0.4, -0.2) is 24.5 Å². The van der Waals surface area contributed by atoms with Crippen molar-refractivity contribution in [3.63, 3.8) is 0 Å². The smallest absolute Gasteiger partial charge is 0.308 e. The molecule has 0 bridgehead atoms. The molecular formula is C36H30O6. The van der Waals surface area contributed by atoms with Crippen LogP contribution < -0.4 is 4.74 Å². The summed E-state index contributed by atoms with van der Waals surface area (Å²) in [4.78, 5) is 33.5. The highest BCUT2D eigenvalue weighted by atomic mass is 16.5. The van der Waals surface area contributed by atoms with E-state index in [4.69, 9.17) is 14.2 Å². The molecule has 0 saturated carbocycles. The molecule has 2 rings (SSSR count). The third kappa shape index (κ3) is 12.9. The minimum absolute atomic E-state index is 0.0273. The van der Waals surface area contributed by atoms with Crippen LogP contribution in [0.2, 0.25) is 0 Å². The summed E-state index contributed by atoms with van der Waals surface area (Å²) >= 11 is 0. The first-order valence-electron chi connectivity index (χ1n) is 12.7. The number of carbonyl (C=O) groups is 3. The lowest BCUT2D eigenvalue weighted by Crippen LogP contribution is -2.02. The number of hydrogen-bond donors (Lipinski definition) is 0. The third-order valence-corrected chi connectivity index (χ3v) is 4.90. The summed E-state index contributed by atoms with van der Waals surface area (Å²) in [6, 6.07) is 12.3. The van der Waals surface area contributed by atoms with Gasteiger partial charge in [0.2, 0.25) is 0 Å². The second-order valence-corrected chi connectivity index (χ2v) is 8.51. The van der Waals surface area contributed by atoms with Gasteiger partial charge in [0.05, 0.1) is 0 Å². The SMILES string of the molecule is C=C/C=C(/C#Cc1cc(C#CC(/C=C\C(=C)OC(C)=O)=C/C)cc(C#Cc2ccc(OC(C)=O)cc2)c1)COC(C)=O. The van der Waals surface area contributed by atoms with E-state index in [1.165, 1.54) is 20.8 Å². The molecule has 0 aliphatic rings. The first-order chi connectivity index (χ1) is 20.1. The molecule has 0 radical (unpaired) electrons. The number of esters is 3. The van der Waals surface area contributed by atoms with Crippen molar-refractivity contribution < 1.29 is 28.6 Å². The van der Waals surface area contributed by atoms with E-state index in [1.807, 2.05) is 31.2 Å². The maximum atomic E-state index is 11.2. The summed E-state index contributed by atoms with van der Waals surface area (Å²) in [6.45, 7) is 13.2. The number of benzene rings is 2. The zero-order chi connectivity index (χ0) is 30.9. The summed E-state index contributed by atoms with van der Waals surface area (Å²) < 4.78 is 15.1. The van der Waals surface area contributed by atoms with Gasteiger partial charge in [-0.15, -0.1) is 0 Å². The van der Waals surface area contributed by atoms with Gasteiger partial charge >= 0.3 is 17.9 Å². The van der Waals surface area contributed by atoms with Crippen LogP contribution in [0.15, 0.2) is 103 Å². The van der Waals surface area contributed by atoms with Gasteiger partial charge in [0.25, 0.3) is 0 Å². The minimum atomic E-state index is -0.455. The van der Waals surface area contributed by atoms with Crippen molar-refractivity contribution in [3.8, 4) is 41.3 Å². The molecule has 2 aromatic rings. The number of ether oxygens (including phenoxy) is 3. The molecule has 6 nitrogen and oxygen atoms in total. The lowest BCUT2D eigenvalue weighted by Gasteiger charge is -2.01. The predicted octanol–water partition coefficient (Wildman–Crippen LogP) is 5.97. The zero-order valence-electron chi connectivity index (χ0n) is 24.0. The van der Waals surface area contributed by atoms with E-state index in [0.717, 1.165) is 5.56 Å². The molecule has 0 atom stereocenters. The normalized spacial score (nSPS) is 10.6. The largest absolute Gasteiger partial charge is 0.460 e. The Kier molecular flexibility index (Phi) is 13.2. The molecule has 0 fully saturated rings. The molecule has 0 aliphatic carbocycles. The summed E-state index contributed by atoms with van der Waals surface area (Å²) in [5, 5.41) is 0. The molecule has 0 aromatic heterocycles. The number of allylic oxidation sites excluding steroid dienone is 6. The Morgan fingerprint density at radius 1 is 0.786 bits per heavy atom. The Morgan fingerprint density at radius 3 is 1.93 bits per heavy atom. The summed E-state index contributed by atoms with van der Waals surface area (Å²) in [6.07, 6.45) is 8.32. The van der Waals surface area contributed by atoms with Gasteiger partial charge in [0.15, 0.2) is 0 Å². The van der Waals surface area contributed by atoms with E-state index in [9.17, 15) is 14.4 Å². The molecule has 0 heterocycles. The van der Waals surface area contributed by atoms with E-state index >= 15 is 0 Å². The molecule has 0 N–H and O–H groups in total. The van der Waals surface area contributed by atoms with Crippen LogP contribution >= 0.6 is 0 Å². The zero-order valence-corrected chi connectivity index (χ0v) is 24.0. The summed E-state index contributed by atoms with van der Waals surface area (Å²) in [5.41, 5.74) is 3.96. The van der Waals surface area contributed by atoms with Crippen LogP contribution in [0.25, 0.3) is 0 Å². The van der Waals surface area contributed by atoms with Crippen LogP contribution in [0.3, 0.4) is 0 Å². The molecule has 0 saturated heterocycles. The lowest BCUT2D eigenvalue weighted by atomic mass is 10.0. The van der Waals surface area contributed by atoms with E-state index in [2.05, 4.69) is 48.7 Å².